The van der Waals surface area contributed by atoms with Crippen LogP contribution in [0.5, 0.6) is 0 Å². The zero-order valence-electron chi connectivity index (χ0n) is 17.6. The molecule has 0 radical (unpaired) electrons. The van der Waals surface area contributed by atoms with E-state index in [1.165, 1.54) is 24.3 Å². The van der Waals surface area contributed by atoms with Crippen LogP contribution in [0, 0.1) is 13.8 Å². The van der Waals surface area contributed by atoms with Gasteiger partial charge in [-0.05, 0) is 55.3 Å². The lowest BCUT2D eigenvalue weighted by Gasteiger charge is -2.25. The van der Waals surface area contributed by atoms with Crippen LogP contribution in [0.1, 0.15) is 21.5 Å². The molecule has 0 aliphatic heterocycles. The Morgan fingerprint density at radius 1 is 1.00 bits per heavy atom. The van der Waals surface area contributed by atoms with Gasteiger partial charge in [-0.1, -0.05) is 59.6 Å². The van der Waals surface area contributed by atoms with Crippen molar-refractivity contribution in [3.63, 3.8) is 0 Å². The van der Waals surface area contributed by atoms with E-state index in [0.29, 0.717) is 5.69 Å². The number of carbonyl (C=O) groups excluding carboxylic acids is 1. The van der Waals surface area contributed by atoms with E-state index in [1.54, 1.807) is 24.3 Å². The number of hydrogen-bond donors (Lipinski definition) is 1. The van der Waals surface area contributed by atoms with Crippen LogP contribution in [-0.4, -0.2) is 20.9 Å². The van der Waals surface area contributed by atoms with E-state index >= 15 is 0 Å². The first-order valence-electron chi connectivity index (χ1n) is 9.72. The van der Waals surface area contributed by atoms with E-state index in [9.17, 15) is 13.2 Å². The molecule has 5 nitrogen and oxygen atoms in total. The van der Waals surface area contributed by atoms with E-state index in [0.717, 1.165) is 15.4 Å². The summed E-state index contributed by atoms with van der Waals surface area (Å²) in [4.78, 5) is 12.7. The molecule has 3 aromatic rings. The highest BCUT2D eigenvalue weighted by Gasteiger charge is 2.29. The van der Waals surface area contributed by atoms with Gasteiger partial charge in [-0.2, -0.15) is 0 Å². The molecule has 0 atom stereocenters. The van der Waals surface area contributed by atoms with Gasteiger partial charge in [0.15, 0.2) is 0 Å². The SMILES string of the molecule is C=CCN(c1ccccc1Cl)S(=O)(=O)c1cc(C(=O)Nc2c(C)cccc2C)ccc1Cl. The van der Waals surface area contributed by atoms with Crippen LogP contribution in [0.3, 0.4) is 0 Å². The molecule has 0 aromatic heterocycles. The minimum atomic E-state index is -4.15. The average Bonchev–Trinajstić information content (AvgIpc) is 2.75. The standard InChI is InChI=1S/C24H22Cl2N2O3S/c1-4-14-28(21-11-6-5-10-19(21)25)32(30,31)22-15-18(12-13-20(22)26)24(29)27-23-16(2)8-7-9-17(23)3/h4-13,15H,1,14H2,2-3H3,(H,27,29). The highest BCUT2D eigenvalue weighted by molar-refractivity contribution is 7.93. The Morgan fingerprint density at radius 3 is 2.28 bits per heavy atom. The number of nitrogens with one attached hydrogen (secondary N) is 1. The molecular weight excluding hydrogens is 467 g/mol. The number of anilines is 2. The predicted octanol–water partition coefficient (Wildman–Crippen LogP) is 6.24. The number of carbonyl (C=O) groups is 1. The van der Waals surface area contributed by atoms with Gasteiger partial charge in [-0.3, -0.25) is 9.10 Å². The molecule has 166 valence electrons. The molecule has 0 fully saturated rings. The van der Waals surface area contributed by atoms with Gasteiger partial charge in [0.25, 0.3) is 15.9 Å². The zero-order chi connectivity index (χ0) is 23.5. The summed E-state index contributed by atoms with van der Waals surface area (Å²) in [5.41, 5.74) is 2.93. The summed E-state index contributed by atoms with van der Waals surface area (Å²) in [5.74, 6) is -0.441. The van der Waals surface area contributed by atoms with Crippen LogP contribution < -0.4 is 9.62 Å². The second kappa shape index (κ2) is 9.77. The summed E-state index contributed by atoms with van der Waals surface area (Å²) in [6.45, 7) is 7.39. The highest BCUT2D eigenvalue weighted by atomic mass is 35.5. The maximum absolute atomic E-state index is 13.5. The van der Waals surface area contributed by atoms with Crippen molar-refractivity contribution in [3.8, 4) is 0 Å². The molecule has 0 aliphatic carbocycles. The summed E-state index contributed by atoms with van der Waals surface area (Å²) in [6.07, 6.45) is 1.45. The average molecular weight is 489 g/mol. The third-order valence-electron chi connectivity index (χ3n) is 4.90. The van der Waals surface area contributed by atoms with Crippen molar-refractivity contribution in [1.29, 1.82) is 0 Å². The number of hydrogen-bond acceptors (Lipinski definition) is 3. The summed E-state index contributed by atoms with van der Waals surface area (Å²) in [6, 6.07) is 16.4. The van der Waals surface area contributed by atoms with E-state index in [-0.39, 0.29) is 32.7 Å². The molecule has 32 heavy (non-hydrogen) atoms. The largest absolute Gasteiger partial charge is 0.322 e. The van der Waals surface area contributed by atoms with Gasteiger partial charge in [0, 0.05) is 11.3 Å². The lowest BCUT2D eigenvalue weighted by Crippen LogP contribution is -2.32. The van der Waals surface area contributed by atoms with Gasteiger partial charge in [0.05, 0.1) is 22.3 Å². The fourth-order valence-electron chi connectivity index (χ4n) is 3.26. The lowest BCUT2D eigenvalue weighted by atomic mass is 10.1. The number of sulfonamides is 1. The number of rotatable bonds is 7. The predicted molar refractivity (Wildman–Crippen MR) is 132 cm³/mol. The smallest absolute Gasteiger partial charge is 0.266 e. The highest BCUT2D eigenvalue weighted by Crippen LogP contribution is 2.33. The second-order valence-corrected chi connectivity index (χ2v) is 9.79. The number of amides is 1. The topological polar surface area (TPSA) is 66.5 Å². The zero-order valence-corrected chi connectivity index (χ0v) is 19.9. The third-order valence-corrected chi connectivity index (χ3v) is 7.48. The summed E-state index contributed by atoms with van der Waals surface area (Å²) in [7, 11) is -4.15. The molecule has 1 N–H and O–H groups in total. The summed E-state index contributed by atoms with van der Waals surface area (Å²) in [5, 5.41) is 3.12. The fourth-order valence-corrected chi connectivity index (χ4v) is 5.50. The minimum absolute atomic E-state index is 0.00487. The second-order valence-electron chi connectivity index (χ2n) is 7.14. The number of halogens is 2. The number of aryl methyl sites for hydroxylation is 2. The molecule has 0 heterocycles. The molecule has 0 bridgehead atoms. The Labute approximate surface area is 198 Å². The molecule has 8 heteroatoms. The van der Waals surface area contributed by atoms with E-state index in [4.69, 9.17) is 23.2 Å². The molecule has 0 spiro atoms. The first-order chi connectivity index (χ1) is 15.2. The quantitative estimate of drug-likeness (QED) is 0.400. The Hall–Kier alpha value is -2.80. The molecule has 0 unspecified atom stereocenters. The van der Waals surface area contributed by atoms with E-state index < -0.39 is 15.9 Å². The Balaban J connectivity index is 2.04. The van der Waals surface area contributed by atoms with Crippen molar-refractivity contribution in [2.75, 3.05) is 16.2 Å². The van der Waals surface area contributed by atoms with Crippen LogP contribution in [0.4, 0.5) is 11.4 Å². The van der Waals surface area contributed by atoms with Crippen LogP contribution >= 0.6 is 23.2 Å². The molecule has 3 rings (SSSR count). The van der Waals surface area contributed by atoms with Crippen molar-refractivity contribution >= 4 is 50.5 Å². The number of nitrogens with zero attached hydrogens (tertiary/aromatic N) is 1. The monoisotopic (exact) mass is 488 g/mol. The van der Waals surface area contributed by atoms with Crippen LogP contribution in [0.25, 0.3) is 0 Å². The van der Waals surface area contributed by atoms with Crippen molar-refractivity contribution in [3.05, 3.63) is 100 Å². The summed E-state index contributed by atoms with van der Waals surface area (Å²) >= 11 is 12.5. The summed E-state index contributed by atoms with van der Waals surface area (Å²) < 4.78 is 28.2. The van der Waals surface area contributed by atoms with Gasteiger partial charge in [0.1, 0.15) is 4.90 Å². The Kier molecular flexibility index (Phi) is 7.29. The van der Waals surface area contributed by atoms with E-state index in [2.05, 4.69) is 11.9 Å². The Morgan fingerprint density at radius 2 is 1.66 bits per heavy atom. The van der Waals surface area contributed by atoms with Gasteiger partial charge >= 0.3 is 0 Å². The van der Waals surface area contributed by atoms with Gasteiger partial charge in [-0.25, -0.2) is 8.42 Å². The lowest BCUT2D eigenvalue weighted by molar-refractivity contribution is 0.102. The van der Waals surface area contributed by atoms with Gasteiger partial charge in [-0.15, -0.1) is 6.58 Å². The molecule has 1 amide bonds. The van der Waals surface area contributed by atoms with Gasteiger partial charge in [0.2, 0.25) is 0 Å². The molecule has 3 aromatic carbocycles. The maximum atomic E-state index is 13.5. The van der Waals surface area contributed by atoms with Crippen molar-refractivity contribution < 1.29 is 13.2 Å². The first-order valence-corrected chi connectivity index (χ1v) is 11.9. The molecule has 0 saturated heterocycles. The van der Waals surface area contributed by atoms with Crippen LogP contribution in [0.15, 0.2) is 78.2 Å². The minimum Gasteiger partial charge on any atom is -0.322 e. The Bertz CT molecular complexity index is 1270. The third kappa shape index (κ3) is 4.83. The van der Waals surface area contributed by atoms with Crippen molar-refractivity contribution in [2.24, 2.45) is 0 Å². The van der Waals surface area contributed by atoms with Crippen LogP contribution in [-0.2, 0) is 10.0 Å². The van der Waals surface area contributed by atoms with Crippen molar-refractivity contribution in [2.45, 2.75) is 18.7 Å². The maximum Gasteiger partial charge on any atom is 0.266 e. The first kappa shape index (κ1) is 23.9. The molecular formula is C24H22Cl2N2O3S. The fraction of sp³-hybridized carbons (Fsp3) is 0.125. The normalized spacial score (nSPS) is 11.1. The van der Waals surface area contributed by atoms with Crippen LogP contribution in [0.2, 0.25) is 10.0 Å². The van der Waals surface area contributed by atoms with Gasteiger partial charge < -0.3 is 5.32 Å². The van der Waals surface area contributed by atoms with Crippen molar-refractivity contribution in [1.82, 2.24) is 0 Å². The number of para-hydroxylation sites is 2. The number of benzene rings is 3. The molecule has 0 saturated carbocycles. The molecule has 0 aliphatic rings. The van der Waals surface area contributed by atoms with E-state index in [1.807, 2.05) is 32.0 Å².